The van der Waals surface area contributed by atoms with Gasteiger partial charge in [-0.1, -0.05) is 30.3 Å². The van der Waals surface area contributed by atoms with Crippen LogP contribution in [0.25, 0.3) is 0 Å². The van der Waals surface area contributed by atoms with E-state index in [4.69, 9.17) is 5.11 Å². The summed E-state index contributed by atoms with van der Waals surface area (Å²) in [6, 6.07) is 10.7. The molecule has 0 radical (unpaired) electrons. The number of carboxylic acids is 1. The Morgan fingerprint density at radius 3 is 2.78 bits per heavy atom. The molecule has 1 aliphatic rings. The first-order chi connectivity index (χ1) is 8.66. The van der Waals surface area contributed by atoms with Crippen LogP contribution < -0.4 is 5.32 Å². The van der Waals surface area contributed by atoms with Crippen molar-refractivity contribution in [3.05, 3.63) is 35.9 Å². The van der Waals surface area contributed by atoms with Crippen LogP contribution in [-0.4, -0.2) is 41.1 Å². The predicted molar refractivity (Wildman–Crippen MR) is 70.4 cm³/mol. The van der Waals surface area contributed by atoms with E-state index < -0.39 is 5.97 Å². The van der Waals surface area contributed by atoms with Crippen molar-refractivity contribution in [2.75, 3.05) is 13.1 Å². The normalized spacial score (nSPS) is 24.9. The number of hydrogen-bond donors (Lipinski definition) is 2. The first kappa shape index (κ1) is 13.1. The lowest BCUT2D eigenvalue weighted by atomic mass is 10.0. The van der Waals surface area contributed by atoms with E-state index in [0.29, 0.717) is 6.04 Å². The highest BCUT2D eigenvalue weighted by Crippen LogP contribution is 2.17. The summed E-state index contributed by atoms with van der Waals surface area (Å²) in [6.07, 6.45) is 0.199. The SMILES string of the molecule is C[C@@H]1CNC[C@H](CC(=O)O)N1Cc1ccccc1. The van der Waals surface area contributed by atoms with Crippen LogP contribution in [0.2, 0.25) is 0 Å². The summed E-state index contributed by atoms with van der Waals surface area (Å²) in [7, 11) is 0. The Hall–Kier alpha value is -1.39. The zero-order chi connectivity index (χ0) is 13.0. The average Bonchev–Trinajstić information content (AvgIpc) is 2.34. The average molecular weight is 248 g/mol. The van der Waals surface area contributed by atoms with Crippen LogP contribution in [0.15, 0.2) is 30.3 Å². The number of hydrogen-bond acceptors (Lipinski definition) is 3. The monoisotopic (exact) mass is 248 g/mol. The number of aliphatic carboxylic acids is 1. The topological polar surface area (TPSA) is 52.6 Å². The van der Waals surface area contributed by atoms with Gasteiger partial charge in [0.15, 0.2) is 0 Å². The van der Waals surface area contributed by atoms with Gasteiger partial charge in [-0.2, -0.15) is 0 Å². The third-order valence-electron chi connectivity index (χ3n) is 3.47. The van der Waals surface area contributed by atoms with Gasteiger partial charge in [0.05, 0.1) is 6.42 Å². The van der Waals surface area contributed by atoms with Crippen LogP contribution in [0, 0.1) is 0 Å². The second-order valence-electron chi connectivity index (χ2n) is 4.92. The molecule has 2 atom stereocenters. The molecule has 0 aliphatic carbocycles. The Labute approximate surface area is 108 Å². The molecule has 2 rings (SSSR count). The Kier molecular flexibility index (Phi) is 4.33. The van der Waals surface area contributed by atoms with E-state index in [1.54, 1.807) is 0 Å². The molecule has 1 saturated heterocycles. The van der Waals surface area contributed by atoms with Gasteiger partial charge >= 0.3 is 5.97 Å². The molecule has 0 unspecified atom stereocenters. The predicted octanol–water partition coefficient (Wildman–Crippen LogP) is 1.32. The van der Waals surface area contributed by atoms with E-state index in [2.05, 4.69) is 29.3 Å². The lowest BCUT2D eigenvalue weighted by Gasteiger charge is -2.40. The summed E-state index contributed by atoms with van der Waals surface area (Å²) in [5.74, 6) is -0.728. The second kappa shape index (κ2) is 5.98. The summed E-state index contributed by atoms with van der Waals surface area (Å²) in [5, 5.41) is 12.3. The fourth-order valence-electron chi connectivity index (χ4n) is 2.52. The van der Waals surface area contributed by atoms with E-state index in [9.17, 15) is 4.79 Å². The molecule has 98 valence electrons. The molecule has 0 amide bonds. The van der Waals surface area contributed by atoms with E-state index in [1.165, 1.54) is 5.56 Å². The number of carboxylic acid groups (broad SMARTS) is 1. The summed E-state index contributed by atoms with van der Waals surface area (Å²) < 4.78 is 0. The fourth-order valence-corrected chi connectivity index (χ4v) is 2.52. The number of carbonyl (C=O) groups is 1. The first-order valence-electron chi connectivity index (χ1n) is 6.39. The maximum absolute atomic E-state index is 10.9. The zero-order valence-electron chi connectivity index (χ0n) is 10.7. The Balaban J connectivity index is 2.07. The number of nitrogens with zero attached hydrogens (tertiary/aromatic N) is 1. The maximum atomic E-state index is 10.9. The van der Waals surface area contributed by atoms with Crippen molar-refractivity contribution in [3.63, 3.8) is 0 Å². The molecular weight excluding hydrogens is 228 g/mol. The summed E-state index contributed by atoms with van der Waals surface area (Å²) in [6.45, 7) is 4.64. The third kappa shape index (κ3) is 3.31. The molecule has 18 heavy (non-hydrogen) atoms. The van der Waals surface area contributed by atoms with Gasteiger partial charge in [-0.3, -0.25) is 9.69 Å². The van der Waals surface area contributed by atoms with Gasteiger partial charge < -0.3 is 10.4 Å². The van der Waals surface area contributed by atoms with Crippen LogP contribution in [0.4, 0.5) is 0 Å². The minimum atomic E-state index is -0.728. The van der Waals surface area contributed by atoms with Crippen LogP contribution >= 0.6 is 0 Å². The second-order valence-corrected chi connectivity index (χ2v) is 4.92. The van der Waals surface area contributed by atoms with Crippen LogP contribution in [0.5, 0.6) is 0 Å². The molecule has 2 N–H and O–H groups in total. The molecule has 0 spiro atoms. The quantitative estimate of drug-likeness (QED) is 0.844. The van der Waals surface area contributed by atoms with Gasteiger partial charge in [-0.25, -0.2) is 0 Å². The van der Waals surface area contributed by atoms with Gasteiger partial charge in [0.2, 0.25) is 0 Å². The molecule has 4 nitrogen and oxygen atoms in total. The molecule has 1 aromatic rings. The molecular formula is C14H20N2O2. The minimum Gasteiger partial charge on any atom is -0.481 e. The van der Waals surface area contributed by atoms with Crippen molar-refractivity contribution in [2.45, 2.75) is 32.0 Å². The molecule has 1 aliphatic heterocycles. The number of piperazine rings is 1. The number of benzene rings is 1. The van der Waals surface area contributed by atoms with E-state index in [-0.39, 0.29) is 12.5 Å². The van der Waals surface area contributed by atoms with Crippen LogP contribution in [-0.2, 0) is 11.3 Å². The Morgan fingerprint density at radius 2 is 2.11 bits per heavy atom. The summed E-state index contributed by atoms with van der Waals surface area (Å²) in [4.78, 5) is 13.2. The van der Waals surface area contributed by atoms with Crippen LogP contribution in [0.1, 0.15) is 18.9 Å². The van der Waals surface area contributed by atoms with Gasteiger partial charge in [0, 0.05) is 31.7 Å². The van der Waals surface area contributed by atoms with Crippen molar-refractivity contribution in [1.29, 1.82) is 0 Å². The maximum Gasteiger partial charge on any atom is 0.304 e. The molecule has 4 heteroatoms. The minimum absolute atomic E-state index is 0.0754. The van der Waals surface area contributed by atoms with E-state index in [0.717, 1.165) is 19.6 Å². The Bertz CT molecular complexity index is 394. The van der Waals surface area contributed by atoms with Crippen molar-refractivity contribution >= 4 is 5.97 Å². The lowest BCUT2D eigenvalue weighted by molar-refractivity contribution is -0.139. The number of nitrogens with one attached hydrogen (secondary N) is 1. The molecule has 1 aromatic carbocycles. The zero-order valence-corrected chi connectivity index (χ0v) is 10.7. The first-order valence-corrected chi connectivity index (χ1v) is 6.39. The fraction of sp³-hybridized carbons (Fsp3) is 0.500. The Morgan fingerprint density at radius 1 is 1.39 bits per heavy atom. The smallest absolute Gasteiger partial charge is 0.304 e. The molecule has 1 fully saturated rings. The number of rotatable bonds is 4. The van der Waals surface area contributed by atoms with Gasteiger partial charge in [0.25, 0.3) is 0 Å². The highest BCUT2D eigenvalue weighted by molar-refractivity contribution is 5.67. The standard InChI is InChI=1S/C14H20N2O2/c1-11-8-15-9-13(7-14(17)18)16(11)10-12-5-3-2-4-6-12/h2-6,11,13,15H,7-10H2,1H3,(H,17,18)/t11-,13+/m1/s1. The van der Waals surface area contributed by atoms with Gasteiger partial charge in [0.1, 0.15) is 0 Å². The van der Waals surface area contributed by atoms with Crippen molar-refractivity contribution < 1.29 is 9.90 Å². The third-order valence-corrected chi connectivity index (χ3v) is 3.47. The van der Waals surface area contributed by atoms with Gasteiger partial charge in [-0.05, 0) is 12.5 Å². The largest absolute Gasteiger partial charge is 0.481 e. The lowest BCUT2D eigenvalue weighted by Crippen LogP contribution is -2.56. The van der Waals surface area contributed by atoms with Crippen molar-refractivity contribution in [3.8, 4) is 0 Å². The molecule has 1 heterocycles. The summed E-state index contributed by atoms with van der Waals surface area (Å²) >= 11 is 0. The van der Waals surface area contributed by atoms with Crippen LogP contribution in [0.3, 0.4) is 0 Å². The van der Waals surface area contributed by atoms with E-state index in [1.807, 2.05) is 18.2 Å². The van der Waals surface area contributed by atoms with E-state index >= 15 is 0 Å². The molecule has 0 saturated carbocycles. The highest BCUT2D eigenvalue weighted by Gasteiger charge is 2.29. The highest BCUT2D eigenvalue weighted by atomic mass is 16.4. The van der Waals surface area contributed by atoms with Crippen molar-refractivity contribution in [2.24, 2.45) is 0 Å². The molecule has 0 aromatic heterocycles. The summed E-state index contributed by atoms with van der Waals surface area (Å²) in [5.41, 5.74) is 1.24. The van der Waals surface area contributed by atoms with Crippen molar-refractivity contribution in [1.82, 2.24) is 10.2 Å². The van der Waals surface area contributed by atoms with Gasteiger partial charge in [-0.15, -0.1) is 0 Å². The molecule has 0 bridgehead atoms.